The number of nitrogens with zero attached hydrogens (tertiary/aromatic N) is 2. The maximum atomic E-state index is 5.23. The summed E-state index contributed by atoms with van der Waals surface area (Å²) in [6, 6.07) is 23.9. The van der Waals surface area contributed by atoms with Crippen LogP contribution in [-0.4, -0.2) is 9.97 Å². The van der Waals surface area contributed by atoms with E-state index in [-0.39, 0.29) is 5.92 Å². The Morgan fingerprint density at radius 3 is 2.55 bits per heavy atom. The highest BCUT2D eigenvalue weighted by Gasteiger charge is 2.33. The lowest BCUT2D eigenvalue weighted by Gasteiger charge is -2.32. The van der Waals surface area contributed by atoms with Gasteiger partial charge in [-0.2, -0.15) is 0 Å². The zero-order valence-electron chi connectivity index (χ0n) is 21.1. The second kappa shape index (κ2) is 9.20. The maximum Gasteiger partial charge on any atom is 0.0934 e. The lowest BCUT2D eigenvalue weighted by atomic mass is 9.73. The van der Waals surface area contributed by atoms with Crippen LogP contribution in [0.3, 0.4) is 0 Å². The van der Waals surface area contributed by atoms with E-state index in [1.165, 1.54) is 42.8 Å². The van der Waals surface area contributed by atoms with Crippen LogP contribution in [0.5, 0.6) is 0 Å². The van der Waals surface area contributed by atoms with Crippen LogP contribution in [0.4, 0.5) is 0 Å². The lowest BCUT2D eigenvalue weighted by Crippen LogP contribution is -2.19. The zero-order chi connectivity index (χ0) is 25.6. The van der Waals surface area contributed by atoms with Crippen molar-refractivity contribution >= 4 is 27.5 Å². The first-order valence-electron chi connectivity index (χ1n) is 13.0. The summed E-state index contributed by atoms with van der Waals surface area (Å²) in [5.74, 6) is 0.537. The highest BCUT2D eigenvalue weighted by molar-refractivity contribution is 7.20. The fourth-order valence-electron chi connectivity index (χ4n) is 5.85. The van der Waals surface area contributed by atoms with Gasteiger partial charge in [-0.3, -0.25) is 4.98 Å². The molecule has 38 heavy (non-hydrogen) atoms. The van der Waals surface area contributed by atoms with E-state index < -0.39 is 0 Å². The van der Waals surface area contributed by atoms with Gasteiger partial charge in [-0.1, -0.05) is 110 Å². The molecule has 0 bridgehead atoms. The van der Waals surface area contributed by atoms with E-state index >= 15 is 0 Å². The van der Waals surface area contributed by atoms with Crippen molar-refractivity contribution < 1.29 is 0 Å². The van der Waals surface area contributed by atoms with Gasteiger partial charge in [0.05, 0.1) is 23.3 Å². The second-order valence-corrected chi connectivity index (χ2v) is 11.1. The Morgan fingerprint density at radius 1 is 0.868 bits per heavy atom. The van der Waals surface area contributed by atoms with Gasteiger partial charge in [-0.05, 0) is 35.2 Å². The fourth-order valence-corrected chi connectivity index (χ4v) is 7.03. The third kappa shape index (κ3) is 3.62. The summed E-state index contributed by atoms with van der Waals surface area (Å²) in [5, 5.41) is 1.28. The number of benzene rings is 3. The highest BCUT2D eigenvalue weighted by Crippen LogP contribution is 2.48. The van der Waals surface area contributed by atoms with Crippen LogP contribution in [0.25, 0.3) is 49.8 Å². The van der Waals surface area contributed by atoms with Gasteiger partial charge in [-0.25, -0.2) is 4.98 Å². The topological polar surface area (TPSA) is 25.8 Å². The van der Waals surface area contributed by atoms with Crippen molar-refractivity contribution in [2.45, 2.75) is 18.8 Å². The normalized spacial score (nSPS) is 17.4. The third-order valence-corrected chi connectivity index (χ3v) is 8.80. The molecule has 3 aromatic carbocycles. The van der Waals surface area contributed by atoms with Crippen molar-refractivity contribution in [3.63, 3.8) is 0 Å². The Labute approximate surface area is 227 Å². The minimum atomic E-state index is 0.224. The van der Waals surface area contributed by atoms with E-state index in [0.29, 0.717) is 5.92 Å². The van der Waals surface area contributed by atoms with Gasteiger partial charge in [-0.15, -0.1) is 11.3 Å². The van der Waals surface area contributed by atoms with Crippen LogP contribution < -0.4 is 0 Å². The summed E-state index contributed by atoms with van der Waals surface area (Å²) < 4.78 is 1.31. The van der Waals surface area contributed by atoms with Gasteiger partial charge >= 0.3 is 0 Å². The van der Waals surface area contributed by atoms with E-state index in [4.69, 9.17) is 9.97 Å². The highest BCUT2D eigenvalue weighted by atomic mass is 32.1. The molecule has 0 saturated heterocycles. The summed E-state index contributed by atoms with van der Waals surface area (Å²) in [5.41, 5.74) is 10.3. The molecule has 0 radical (unpaired) electrons. The van der Waals surface area contributed by atoms with Crippen molar-refractivity contribution in [3.05, 3.63) is 138 Å². The van der Waals surface area contributed by atoms with Crippen molar-refractivity contribution in [1.29, 1.82) is 0 Å². The molecule has 1 unspecified atom stereocenters. The monoisotopic (exact) mass is 506 g/mol. The predicted octanol–water partition coefficient (Wildman–Crippen LogP) is 9.51. The standard InChI is InChI=1S/C35H26N2S/c1-3-4-13-25-22(2)38-35-26(18-10-19-31(25)35)23-11-9-12-24(20-23)32-21-36-33-29-16-7-5-14-27(29)28-15-6-8-17-30(28)34(33)37-32/h3-21,27,29H,1H2,2H3/b13-4-/t27-,29?/m1/s1. The van der Waals surface area contributed by atoms with Gasteiger partial charge in [0, 0.05) is 37.9 Å². The number of hydrogen-bond donors (Lipinski definition) is 0. The average Bonchev–Trinajstić information content (AvgIpc) is 3.30. The van der Waals surface area contributed by atoms with Crippen LogP contribution in [0.2, 0.25) is 0 Å². The molecule has 7 rings (SSSR count). The number of hydrogen-bond acceptors (Lipinski definition) is 3. The predicted molar refractivity (Wildman–Crippen MR) is 161 cm³/mol. The van der Waals surface area contributed by atoms with E-state index in [1.54, 1.807) is 0 Å². The smallest absolute Gasteiger partial charge is 0.0934 e. The molecule has 2 aliphatic carbocycles. The van der Waals surface area contributed by atoms with Gasteiger partial charge < -0.3 is 0 Å². The number of aryl methyl sites for hydroxylation is 1. The largest absolute Gasteiger partial charge is 0.256 e. The summed E-state index contributed by atoms with van der Waals surface area (Å²) in [6.45, 7) is 6.02. The Balaban J connectivity index is 1.34. The summed E-state index contributed by atoms with van der Waals surface area (Å²) >= 11 is 1.85. The molecule has 0 spiro atoms. The minimum Gasteiger partial charge on any atom is -0.256 e. The fraction of sp³-hybridized carbons (Fsp3) is 0.0857. The molecule has 0 saturated carbocycles. The first-order valence-corrected chi connectivity index (χ1v) is 13.8. The molecule has 182 valence electrons. The molecule has 2 aromatic heterocycles. The SMILES string of the molecule is C=C/C=C\c1c(C)sc2c(-c3cccc(-c4cnc5c(n4)-c4ccccc4[C@H]4C=CC=CC54)c3)cccc12. The summed E-state index contributed by atoms with van der Waals surface area (Å²) in [4.78, 5) is 11.6. The molecule has 2 atom stereocenters. The Bertz CT molecular complexity index is 1820. The van der Waals surface area contributed by atoms with Gasteiger partial charge in [0.2, 0.25) is 0 Å². The van der Waals surface area contributed by atoms with Gasteiger partial charge in [0.1, 0.15) is 0 Å². The van der Waals surface area contributed by atoms with Crippen LogP contribution >= 0.6 is 11.3 Å². The molecule has 0 aliphatic heterocycles. The molecular formula is C35H26N2S. The van der Waals surface area contributed by atoms with E-state index in [1.807, 2.05) is 29.7 Å². The molecule has 3 heteroatoms. The van der Waals surface area contributed by atoms with Crippen molar-refractivity contribution in [3.8, 4) is 33.6 Å². The van der Waals surface area contributed by atoms with Gasteiger partial charge in [0.15, 0.2) is 0 Å². The average molecular weight is 507 g/mol. The summed E-state index contributed by atoms with van der Waals surface area (Å²) in [6.07, 6.45) is 16.8. The summed E-state index contributed by atoms with van der Waals surface area (Å²) in [7, 11) is 0. The molecule has 5 aromatic rings. The number of allylic oxidation sites excluding steroid dienone is 6. The molecule has 0 amide bonds. The number of rotatable bonds is 4. The lowest BCUT2D eigenvalue weighted by molar-refractivity contribution is 0.692. The van der Waals surface area contributed by atoms with E-state index in [0.717, 1.165) is 22.6 Å². The maximum absolute atomic E-state index is 5.23. The van der Waals surface area contributed by atoms with Crippen LogP contribution in [-0.2, 0) is 0 Å². The van der Waals surface area contributed by atoms with Crippen molar-refractivity contribution in [2.24, 2.45) is 0 Å². The molecule has 0 N–H and O–H groups in total. The minimum absolute atomic E-state index is 0.224. The second-order valence-electron chi connectivity index (χ2n) is 9.83. The number of thiophene rings is 1. The molecule has 0 fully saturated rings. The first-order chi connectivity index (χ1) is 18.7. The van der Waals surface area contributed by atoms with Crippen LogP contribution in [0.1, 0.15) is 33.5 Å². The number of aromatic nitrogens is 2. The van der Waals surface area contributed by atoms with Crippen LogP contribution in [0, 0.1) is 6.92 Å². The third-order valence-electron chi connectivity index (χ3n) is 7.63. The van der Waals surface area contributed by atoms with Gasteiger partial charge in [0.25, 0.3) is 0 Å². The van der Waals surface area contributed by atoms with E-state index in [9.17, 15) is 0 Å². The first kappa shape index (κ1) is 22.8. The molecular weight excluding hydrogens is 480 g/mol. The van der Waals surface area contributed by atoms with E-state index in [2.05, 4.69) is 111 Å². The molecule has 2 aliphatic rings. The van der Waals surface area contributed by atoms with Crippen molar-refractivity contribution in [1.82, 2.24) is 9.97 Å². The zero-order valence-corrected chi connectivity index (χ0v) is 22.0. The Kier molecular flexibility index (Phi) is 5.52. The molecule has 2 heterocycles. The van der Waals surface area contributed by atoms with Crippen LogP contribution in [0.15, 0.2) is 116 Å². The van der Waals surface area contributed by atoms with Crippen molar-refractivity contribution in [2.75, 3.05) is 0 Å². The molecule has 2 nitrogen and oxygen atoms in total. The Morgan fingerprint density at radius 2 is 1.66 bits per heavy atom. The quantitative estimate of drug-likeness (QED) is 0.227. The number of fused-ring (bicyclic) bond motifs is 7. The Hall–Kier alpha value is -4.34.